The largest absolute Gasteiger partial charge is 0.504 e. The molecule has 0 aliphatic rings. The van der Waals surface area contributed by atoms with Gasteiger partial charge in [0, 0.05) is 17.5 Å². The lowest BCUT2D eigenvalue weighted by molar-refractivity contribution is 0.251. The summed E-state index contributed by atoms with van der Waals surface area (Å²) in [4.78, 5) is 0. The summed E-state index contributed by atoms with van der Waals surface area (Å²) in [6.45, 7) is 1.74. The fourth-order valence-electron chi connectivity index (χ4n) is 1.46. The van der Waals surface area contributed by atoms with Crippen LogP contribution in [0, 0.1) is 0 Å². The van der Waals surface area contributed by atoms with Crippen LogP contribution in [0.25, 0.3) is 0 Å². The number of aliphatic hydroxyl groups is 1. The third kappa shape index (κ3) is 2.40. The first-order valence-corrected chi connectivity index (χ1v) is 4.84. The highest BCUT2D eigenvalue weighted by Gasteiger charge is 2.19. The van der Waals surface area contributed by atoms with E-state index in [1.165, 1.54) is 7.11 Å². The minimum atomic E-state index is -0.386. The number of hydrogen-bond donors (Lipinski definition) is 3. The zero-order valence-corrected chi connectivity index (χ0v) is 8.97. The van der Waals surface area contributed by atoms with Crippen molar-refractivity contribution in [2.75, 3.05) is 13.7 Å². The molecular weight excluding hydrogens is 194 g/mol. The Hall–Kier alpha value is -1.26. The maximum Gasteiger partial charge on any atom is 0.161 e. The second-order valence-electron chi connectivity index (χ2n) is 3.53. The van der Waals surface area contributed by atoms with Gasteiger partial charge in [-0.05, 0) is 6.07 Å². The van der Waals surface area contributed by atoms with E-state index < -0.39 is 0 Å². The lowest BCUT2D eigenvalue weighted by Gasteiger charge is -2.19. The fraction of sp³-hybridized carbons (Fsp3) is 0.455. The molecule has 0 bridgehead atoms. The Morgan fingerprint density at radius 2 is 2.13 bits per heavy atom. The average molecular weight is 211 g/mol. The number of rotatable bonds is 4. The molecule has 2 atom stereocenters. The number of methoxy groups -OCH3 is 1. The van der Waals surface area contributed by atoms with E-state index in [1.54, 1.807) is 18.2 Å². The minimum absolute atomic E-state index is 0.0939. The van der Waals surface area contributed by atoms with Gasteiger partial charge in [-0.25, -0.2) is 0 Å². The van der Waals surface area contributed by atoms with Crippen molar-refractivity contribution in [3.8, 4) is 11.5 Å². The zero-order chi connectivity index (χ0) is 11.4. The van der Waals surface area contributed by atoms with Crippen LogP contribution in [0.5, 0.6) is 11.5 Å². The van der Waals surface area contributed by atoms with Crippen molar-refractivity contribution in [1.82, 2.24) is 0 Å². The zero-order valence-electron chi connectivity index (χ0n) is 8.97. The Labute approximate surface area is 89.3 Å². The lowest BCUT2D eigenvalue weighted by Crippen LogP contribution is -2.30. The number of ether oxygens (including phenoxy) is 1. The maximum atomic E-state index is 9.84. The number of aromatic hydroxyl groups is 1. The molecule has 4 N–H and O–H groups in total. The SMILES string of the molecule is COc1cccc(C(C)C(N)CO)c1O. The summed E-state index contributed by atoms with van der Waals surface area (Å²) < 4.78 is 5.00. The van der Waals surface area contributed by atoms with E-state index in [9.17, 15) is 5.11 Å². The molecule has 1 rings (SSSR count). The van der Waals surface area contributed by atoms with Gasteiger partial charge in [0.2, 0.25) is 0 Å². The van der Waals surface area contributed by atoms with Crippen molar-refractivity contribution in [3.05, 3.63) is 23.8 Å². The highest BCUT2D eigenvalue weighted by molar-refractivity contribution is 5.47. The van der Waals surface area contributed by atoms with E-state index in [-0.39, 0.29) is 24.3 Å². The number of benzene rings is 1. The molecule has 15 heavy (non-hydrogen) atoms. The van der Waals surface area contributed by atoms with Crippen molar-refractivity contribution in [2.24, 2.45) is 5.73 Å². The molecule has 0 aliphatic heterocycles. The molecule has 0 aliphatic carbocycles. The Morgan fingerprint density at radius 1 is 1.47 bits per heavy atom. The standard InChI is InChI=1S/C11H17NO3/c1-7(9(12)6-13)8-4-3-5-10(15-2)11(8)14/h3-5,7,9,13-14H,6,12H2,1-2H3. The van der Waals surface area contributed by atoms with Crippen LogP contribution in [-0.2, 0) is 0 Å². The lowest BCUT2D eigenvalue weighted by atomic mass is 9.93. The molecule has 0 spiro atoms. The van der Waals surface area contributed by atoms with Crippen LogP contribution in [0.2, 0.25) is 0 Å². The predicted octanol–water partition coefficient (Wildman–Crippen LogP) is 0.824. The molecule has 2 unspecified atom stereocenters. The predicted molar refractivity (Wildman–Crippen MR) is 58.1 cm³/mol. The van der Waals surface area contributed by atoms with Crippen LogP contribution in [0.4, 0.5) is 0 Å². The van der Waals surface area contributed by atoms with E-state index in [2.05, 4.69) is 0 Å². The Bertz CT molecular complexity index is 328. The molecule has 4 heteroatoms. The van der Waals surface area contributed by atoms with Crippen molar-refractivity contribution >= 4 is 0 Å². The highest BCUT2D eigenvalue weighted by Crippen LogP contribution is 2.34. The molecule has 0 amide bonds. The van der Waals surface area contributed by atoms with Crippen LogP contribution >= 0.6 is 0 Å². The van der Waals surface area contributed by atoms with Crippen LogP contribution in [0.15, 0.2) is 18.2 Å². The Balaban J connectivity index is 3.03. The summed E-state index contributed by atoms with van der Waals surface area (Å²) in [6.07, 6.45) is 0. The van der Waals surface area contributed by atoms with Crippen molar-refractivity contribution < 1.29 is 14.9 Å². The molecular formula is C11H17NO3. The monoisotopic (exact) mass is 211 g/mol. The molecule has 1 aromatic carbocycles. The summed E-state index contributed by atoms with van der Waals surface area (Å²) in [5.74, 6) is 0.394. The molecule has 84 valence electrons. The first kappa shape index (κ1) is 11.8. The summed E-state index contributed by atoms with van der Waals surface area (Å²) in [5.41, 5.74) is 6.40. The summed E-state index contributed by atoms with van der Waals surface area (Å²) in [7, 11) is 1.50. The van der Waals surface area contributed by atoms with Crippen LogP contribution in [0.1, 0.15) is 18.4 Å². The van der Waals surface area contributed by atoms with Gasteiger partial charge in [0.25, 0.3) is 0 Å². The molecule has 0 saturated carbocycles. The molecule has 0 radical (unpaired) electrons. The maximum absolute atomic E-state index is 9.84. The Morgan fingerprint density at radius 3 is 2.67 bits per heavy atom. The molecule has 0 heterocycles. The number of para-hydroxylation sites is 1. The van der Waals surface area contributed by atoms with Gasteiger partial charge in [0.05, 0.1) is 13.7 Å². The van der Waals surface area contributed by atoms with Crippen molar-refractivity contribution in [3.63, 3.8) is 0 Å². The van der Waals surface area contributed by atoms with E-state index >= 15 is 0 Å². The van der Waals surface area contributed by atoms with Crippen molar-refractivity contribution in [2.45, 2.75) is 18.9 Å². The number of phenolic OH excluding ortho intramolecular Hbond substituents is 1. The van der Waals surface area contributed by atoms with Gasteiger partial charge in [-0.2, -0.15) is 0 Å². The van der Waals surface area contributed by atoms with E-state index in [0.29, 0.717) is 11.3 Å². The van der Waals surface area contributed by atoms with E-state index in [0.717, 1.165) is 0 Å². The topological polar surface area (TPSA) is 75.7 Å². The minimum Gasteiger partial charge on any atom is -0.504 e. The number of nitrogens with two attached hydrogens (primary N) is 1. The van der Waals surface area contributed by atoms with Gasteiger partial charge in [-0.1, -0.05) is 19.1 Å². The quantitative estimate of drug-likeness (QED) is 0.689. The second kappa shape index (κ2) is 5.00. The smallest absolute Gasteiger partial charge is 0.161 e. The first-order valence-electron chi connectivity index (χ1n) is 4.84. The van der Waals surface area contributed by atoms with Gasteiger partial charge in [-0.3, -0.25) is 0 Å². The molecule has 4 nitrogen and oxygen atoms in total. The van der Waals surface area contributed by atoms with Gasteiger partial charge < -0.3 is 20.7 Å². The van der Waals surface area contributed by atoms with Crippen LogP contribution in [0.3, 0.4) is 0 Å². The van der Waals surface area contributed by atoms with Crippen LogP contribution in [-0.4, -0.2) is 30.0 Å². The molecule has 0 fully saturated rings. The number of phenols is 1. The first-order chi connectivity index (χ1) is 7.11. The van der Waals surface area contributed by atoms with Gasteiger partial charge in [0.1, 0.15) is 0 Å². The van der Waals surface area contributed by atoms with Gasteiger partial charge in [-0.15, -0.1) is 0 Å². The van der Waals surface area contributed by atoms with Crippen molar-refractivity contribution in [1.29, 1.82) is 0 Å². The number of aliphatic hydroxyl groups excluding tert-OH is 1. The normalized spacial score (nSPS) is 14.7. The third-order valence-electron chi connectivity index (χ3n) is 2.59. The summed E-state index contributed by atoms with van der Waals surface area (Å²) in [6, 6.07) is 4.85. The average Bonchev–Trinajstić information content (AvgIpc) is 2.27. The second-order valence-corrected chi connectivity index (χ2v) is 3.53. The number of hydrogen-bond acceptors (Lipinski definition) is 4. The fourth-order valence-corrected chi connectivity index (χ4v) is 1.46. The molecule has 0 saturated heterocycles. The van der Waals surface area contributed by atoms with Gasteiger partial charge >= 0.3 is 0 Å². The summed E-state index contributed by atoms with van der Waals surface area (Å²) in [5, 5.41) is 18.8. The highest BCUT2D eigenvalue weighted by atomic mass is 16.5. The van der Waals surface area contributed by atoms with E-state index in [4.69, 9.17) is 15.6 Å². The van der Waals surface area contributed by atoms with E-state index in [1.807, 2.05) is 6.92 Å². The van der Waals surface area contributed by atoms with Gasteiger partial charge in [0.15, 0.2) is 11.5 Å². The molecule has 1 aromatic rings. The third-order valence-corrected chi connectivity index (χ3v) is 2.59. The summed E-state index contributed by atoms with van der Waals surface area (Å²) >= 11 is 0. The van der Waals surface area contributed by atoms with Crippen LogP contribution < -0.4 is 10.5 Å². The molecule has 0 aromatic heterocycles. The Kier molecular flexibility index (Phi) is 3.94.